The maximum absolute atomic E-state index is 5.63. The van der Waals surface area contributed by atoms with Crippen molar-refractivity contribution in [2.24, 2.45) is 5.73 Å². The van der Waals surface area contributed by atoms with Gasteiger partial charge in [-0.15, -0.1) is 0 Å². The normalized spacial score (nSPS) is 12.9. The van der Waals surface area contributed by atoms with E-state index in [9.17, 15) is 0 Å². The minimum atomic E-state index is 0.355. The second-order valence-electron chi connectivity index (χ2n) is 4.14. The topological polar surface area (TPSA) is 51.4 Å². The van der Waals surface area contributed by atoms with E-state index in [0.29, 0.717) is 12.6 Å². The monoisotopic (exact) mass is 223 g/mol. The molecule has 0 aliphatic rings. The lowest BCUT2D eigenvalue weighted by molar-refractivity contribution is 0.251. The number of likely N-dealkylation sites (N-methyl/N-ethyl adjacent to an activating group) is 1. The Labute approximate surface area is 97.4 Å². The summed E-state index contributed by atoms with van der Waals surface area (Å²) in [5.74, 6) is 0.858. The Morgan fingerprint density at radius 1 is 1.50 bits per heavy atom. The molecule has 90 valence electrons. The standard InChI is InChI=1S/C12H21N3O/c1-9-5-12(16-4)6-11(14-9)8-15(3)10(2)7-13/h5-6,10H,7-8,13H2,1-4H3. The molecule has 0 aliphatic carbocycles. The van der Waals surface area contributed by atoms with E-state index in [0.717, 1.165) is 23.7 Å². The Morgan fingerprint density at radius 3 is 2.75 bits per heavy atom. The molecule has 1 unspecified atom stereocenters. The second-order valence-corrected chi connectivity index (χ2v) is 4.14. The lowest BCUT2D eigenvalue weighted by Gasteiger charge is -2.23. The Morgan fingerprint density at radius 2 is 2.19 bits per heavy atom. The predicted octanol–water partition coefficient (Wildman–Crippen LogP) is 1.18. The van der Waals surface area contributed by atoms with Crippen molar-refractivity contribution in [3.05, 3.63) is 23.5 Å². The van der Waals surface area contributed by atoms with Crippen molar-refractivity contribution in [3.8, 4) is 5.75 Å². The van der Waals surface area contributed by atoms with E-state index < -0.39 is 0 Å². The summed E-state index contributed by atoms with van der Waals surface area (Å²) in [5, 5.41) is 0. The van der Waals surface area contributed by atoms with Crippen molar-refractivity contribution in [3.63, 3.8) is 0 Å². The number of rotatable bonds is 5. The Kier molecular flexibility index (Phi) is 4.71. The van der Waals surface area contributed by atoms with Crippen LogP contribution >= 0.6 is 0 Å². The van der Waals surface area contributed by atoms with Gasteiger partial charge in [-0.2, -0.15) is 0 Å². The van der Waals surface area contributed by atoms with Crippen LogP contribution in [-0.2, 0) is 6.54 Å². The summed E-state index contributed by atoms with van der Waals surface area (Å²) in [6.07, 6.45) is 0. The van der Waals surface area contributed by atoms with Gasteiger partial charge >= 0.3 is 0 Å². The largest absolute Gasteiger partial charge is 0.497 e. The van der Waals surface area contributed by atoms with Gasteiger partial charge < -0.3 is 10.5 Å². The number of methoxy groups -OCH3 is 1. The van der Waals surface area contributed by atoms with Crippen molar-refractivity contribution < 1.29 is 4.74 Å². The third kappa shape index (κ3) is 3.47. The molecule has 1 rings (SSSR count). The fraction of sp³-hybridized carbons (Fsp3) is 0.583. The highest BCUT2D eigenvalue weighted by Crippen LogP contribution is 2.14. The third-order valence-corrected chi connectivity index (χ3v) is 2.72. The molecule has 2 N–H and O–H groups in total. The minimum Gasteiger partial charge on any atom is -0.497 e. The summed E-state index contributed by atoms with van der Waals surface area (Å²) in [7, 11) is 3.72. The molecule has 0 bridgehead atoms. The summed E-state index contributed by atoms with van der Waals surface area (Å²) in [4.78, 5) is 6.66. The van der Waals surface area contributed by atoms with Crippen LogP contribution in [0.3, 0.4) is 0 Å². The van der Waals surface area contributed by atoms with Crippen molar-refractivity contribution >= 4 is 0 Å². The van der Waals surface area contributed by atoms with Gasteiger partial charge in [0.1, 0.15) is 5.75 Å². The van der Waals surface area contributed by atoms with E-state index in [4.69, 9.17) is 10.5 Å². The zero-order chi connectivity index (χ0) is 12.1. The molecule has 4 heteroatoms. The maximum Gasteiger partial charge on any atom is 0.122 e. The van der Waals surface area contributed by atoms with Gasteiger partial charge in [-0.1, -0.05) is 0 Å². The van der Waals surface area contributed by atoms with Crippen molar-refractivity contribution in [1.29, 1.82) is 0 Å². The lowest BCUT2D eigenvalue weighted by atomic mass is 10.2. The Bertz CT molecular complexity index is 341. The van der Waals surface area contributed by atoms with E-state index in [1.165, 1.54) is 0 Å². The van der Waals surface area contributed by atoms with Gasteiger partial charge in [-0.05, 0) is 20.9 Å². The average Bonchev–Trinajstić information content (AvgIpc) is 2.26. The van der Waals surface area contributed by atoms with E-state index >= 15 is 0 Å². The van der Waals surface area contributed by atoms with Crippen LogP contribution in [0.5, 0.6) is 5.75 Å². The summed E-state index contributed by atoms with van der Waals surface area (Å²) < 4.78 is 5.22. The van der Waals surface area contributed by atoms with Crippen LogP contribution in [0.15, 0.2) is 12.1 Å². The molecular weight excluding hydrogens is 202 g/mol. The number of nitrogens with zero attached hydrogens (tertiary/aromatic N) is 2. The van der Waals surface area contributed by atoms with Gasteiger partial charge in [0, 0.05) is 37.0 Å². The molecule has 1 aromatic heterocycles. The molecule has 0 aliphatic heterocycles. The average molecular weight is 223 g/mol. The third-order valence-electron chi connectivity index (χ3n) is 2.72. The first-order valence-corrected chi connectivity index (χ1v) is 5.48. The predicted molar refractivity (Wildman–Crippen MR) is 65.5 cm³/mol. The summed E-state index contributed by atoms with van der Waals surface area (Å²) in [6.45, 7) is 5.52. The fourth-order valence-corrected chi connectivity index (χ4v) is 1.49. The van der Waals surface area contributed by atoms with Gasteiger partial charge in [0.15, 0.2) is 0 Å². The highest BCUT2D eigenvalue weighted by atomic mass is 16.5. The molecule has 1 aromatic rings. The zero-order valence-electron chi connectivity index (χ0n) is 10.5. The summed E-state index contributed by atoms with van der Waals surface area (Å²) >= 11 is 0. The van der Waals surface area contributed by atoms with Crippen LogP contribution in [0.25, 0.3) is 0 Å². The first-order valence-electron chi connectivity index (χ1n) is 5.48. The SMILES string of the molecule is COc1cc(C)nc(CN(C)C(C)CN)c1. The first-order chi connectivity index (χ1) is 7.56. The van der Waals surface area contributed by atoms with Gasteiger partial charge in [0.05, 0.1) is 12.8 Å². The van der Waals surface area contributed by atoms with Crippen LogP contribution in [0.4, 0.5) is 0 Å². The molecular formula is C12H21N3O. The first kappa shape index (κ1) is 12.9. The molecule has 0 saturated carbocycles. The number of nitrogens with two attached hydrogens (primary N) is 1. The molecule has 1 atom stereocenters. The quantitative estimate of drug-likeness (QED) is 0.814. The maximum atomic E-state index is 5.63. The summed E-state index contributed by atoms with van der Waals surface area (Å²) in [5.41, 5.74) is 7.61. The van der Waals surface area contributed by atoms with E-state index in [2.05, 4.69) is 16.8 Å². The van der Waals surface area contributed by atoms with Gasteiger partial charge in [0.25, 0.3) is 0 Å². The molecule has 0 saturated heterocycles. The molecule has 0 spiro atoms. The molecule has 0 amide bonds. The number of hydrogen-bond donors (Lipinski definition) is 1. The van der Waals surface area contributed by atoms with Crippen LogP contribution in [0, 0.1) is 6.92 Å². The molecule has 1 heterocycles. The Hall–Kier alpha value is -1.13. The highest BCUT2D eigenvalue weighted by molar-refractivity contribution is 5.26. The molecule has 16 heavy (non-hydrogen) atoms. The van der Waals surface area contributed by atoms with Gasteiger partial charge in [-0.25, -0.2) is 0 Å². The fourth-order valence-electron chi connectivity index (χ4n) is 1.49. The van der Waals surface area contributed by atoms with Crippen molar-refractivity contribution in [2.45, 2.75) is 26.4 Å². The highest BCUT2D eigenvalue weighted by Gasteiger charge is 2.09. The number of pyridine rings is 1. The van der Waals surface area contributed by atoms with Crippen LogP contribution in [0.2, 0.25) is 0 Å². The van der Waals surface area contributed by atoms with E-state index in [1.54, 1.807) is 7.11 Å². The smallest absolute Gasteiger partial charge is 0.122 e. The van der Waals surface area contributed by atoms with E-state index in [-0.39, 0.29) is 0 Å². The van der Waals surface area contributed by atoms with Crippen molar-refractivity contribution in [2.75, 3.05) is 20.7 Å². The summed E-state index contributed by atoms with van der Waals surface area (Å²) in [6, 6.07) is 4.25. The van der Waals surface area contributed by atoms with Gasteiger partial charge in [0.2, 0.25) is 0 Å². The van der Waals surface area contributed by atoms with Gasteiger partial charge in [-0.3, -0.25) is 9.88 Å². The van der Waals surface area contributed by atoms with Crippen LogP contribution in [-0.4, -0.2) is 36.6 Å². The zero-order valence-corrected chi connectivity index (χ0v) is 10.5. The van der Waals surface area contributed by atoms with Crippen LogP contribution in [0.1, 0.15) is 18.3 Å². The molecule has 4 nitrogen and oxygen atoms in total. The number of ether oxygens (including phenoxy) is 1. The molecule has 0 radical (unpaired) electrons. The van der Waals surface area contributed by atoms with Crippen molar-refractivity contribution in [1.82, 2.24) is 9.88 Å². The Balaban J connectivity index is 2.76. The molecule has 0 fully saturated rings. The number of hydrogen-bond acceptors (Lipinski definition) is 4. The minimum absolute atomic E-state index is 0.355. The van der Waals surface area contributed by atoms with E-state index in [1.807, 2.05) is 26.1 Å². The number of aromatic nitrogens is 1. The lowest BCUT2D eigenvalue weighted by Crippen LogP contribution is -2.35. The van der Waals surface area contributed by atoms with Crippen LogP contribution < -0.4 is 10.5 Å². The molecule has 0 aromatic carbocycles. The second kappa shape index (κ2) is 5.82. The number of aryl methyl sites for hydroxylation is 1.